The first-order valence-corrected chi connectivity index (χ1v) is 5.98. The number of thioether (sulfide) groups is 1. The predicted octanol–water partition coefficient (Wildman–Crippen LogP) is 0.802. The van der Waals surface area contributed by atoms with E-state index in [1.807, 2.05) is 11.8 Å². The number of fused-ring (bicyclic) bond motifs is 1. The van der Waals surface area contributed by atoms with Gasteiger partial charge in [-0.25, -0.2) is 0 Å². The van der Waals surface area contributed by atoms with Gasteiger partial charge >= 0.3 is 5.97 Å². The van der Waals surface area contributed by atoms with Crippen molar-refractivity contribution in [2.75, 3.05) is 18.1 Å². The molecule has 2 aliphatic heterocycles. The van der Waals surface area contributed by atoms with Crippen molar-refractivity contribution in [3.8, 4) is 0 Å². The first-order chi connectivity index (χ1) is 6.29. The van der Waals surface area contributed by atoms with Gasteiger partial charge in [0.05, 0.1) is 5.92 Å². The summed E-state index contributed by atoms with van der Waals surface area (Å²) in [6, 6.07) is 0.452. The second-order valence-corrected chi connectivity index (χ2v) is 4.97. The Hall–Kier alpha value is -0.220. The van der Waals surface area contributed by atoms with Gasteiger partial charge in [0.25, 0.3) is 0 Å². The Balaban J connectivity index is 2.06. The normalized spacial score (nSPS) is 39.5. The Morgan fingerprint density at radius 1 is 1.46 bits per heavy atom. The van der Waals surface area contributed by atoms with Crippen LogP contribution in [-0.2, 0) is 4.79 Å². The summed E-state index contributed by atoms with van der Waals surface area (Å²) in [5.74, 6) is 1.92. The number of carboxylic acids is 1. The summed E-state index contributed by atoms with van der Waals surface area (Å²) in [4.78, 5) is 11.0. The highest BCUT2D eigenvalue weighted by Gasteiger charge is 2.38. The standard InChI is InChI=1S/C9H15NO2S/c11-9(12)7-1-3-10-8-5-13-4-2-6(7)8/h6-8,10H,1-5H2,(H,11,12). The molecule has 0 amide bonds. The Bertz CT molecular complexity index is 208. The molecule has 0 saturated carbocycles. The number of piperidine rings is 1. The average Bonchev–Trinajstić information content (AvgIpc) is 2.17. The molecule has 0 spiro atoms. The third-order valence-corrected chi connectivity index (χ3v) is 4.22. The number of carbonyl (C=O) groups is 1. The molecular weight excluding hydrogens is 186 g/mol. The molecule has 2 N–H and O–H groups in total. The van der Waals surface area contributed by atoms with E-state index in [0.717, 1.165) is 30.9 Å². The third-order valence-electron chi connectivity index (χ3n) is 3.11. The lowest BCUT2D eigenvalue weighted by Gasteiger charge is -2.39. The van der Waals surface area contributed by atoms with E-state index in [0.29, 0.717) is 12.0 Å². The fourth-order valence-electron chi connectivity index (χ4n) is 2.39. The van der Waals surface area contributed by atoms with Crippen LogP contribution >= 0.6 is 11.8 Å². The third kappa shape index (κ3) is 1.83. The maximum atomic E-state index is 11.0. The van der Waals surface area contributed by atoms with Gasteiger partial charge in [0.1, 0.15) is 0 Å². The number of nitrogens with one attached hydrogen (secondary N) is 1. The topological polar surface area (TPSA) is 49.3 Å². The predicted molar refractivity (Wildman–Crippen MR) is 53.0 cm³/mol. The van der Waals surface area contributed by atoms with Crippen LogP contribution in [0.25, 0.3) is 0 Å². The van der Waals surface area contributed by atoms with Crippen molar-refractivity contribution in [3.05, 3.63) is 0 Å². The smallest absolute Gasteiger partial charge is 0.306 e. The summed E-state index contributed by atoms with van der Waals surface area (Å²) in [5.41, 5.74) is 0. The second kappa shape index (κ2) is 3.88. The Kier molecular flexibility index (Phi) is 2.79. The molecule has 3 unspecified atom stereocenters. The maximum absolute atomic E-state index is 11.0. The van der Waals surface area contributed by atoms with Crippen LogP contribution in [0.15, 0.2) is 0 Å². The molecule has 2 rings (SSSR count). The molecule has 4 heteroatoms. The number of rotatable bonds is 1. The van der Waals surface area contributed by atoms with Crippen molar-refractivity contribution >= 4 is 17.7 Å². The SMILES string of the molecule is O=C(O)C1CCNC2CSCCC21. The summed E-state index contributed by atoms with van der Waals surface area (Å²) in [6.45, 7) is 0.874. The summed E-state index contributed by atoms with van der Waals surface area (Å²) < 4.78 is 0. The molecule has 2 fully saturated rings. The first kappa shape index (κ1) is 9.34. The van der Waals surface area contributed by atoms with E-state index < -0.39 is 5.97 Å². The number of carboxylic acid groups (broad SMARTS) is 1. The molecule has 2 aliphatic rings. The molecule has 0 radical (unpaired) electrons. The van der Waals surface area contributed by atoms with Crippen molar-refractivity contribution in [1.29, 1.82) is 0 Å². The molecule has 0 bridgehead atoms. The van der Waals surface area contributed by atoms with Crippen LogP contribution in [0, 0.1) is 11.8 Å². The Morgan fingerprint density at radius 2 is 2.31 bits per heavy atom. The highest BCUT2D eigenvalue weighted by atomic mass is 32.2. The number of hydrogen-bond acceptors (Lipinski definition) is 3. The maximum Gasteiger partial charge on any atom is 0.306 e. The summed E-state index contributed by atoms with van der Waals surface area (Å²) in [5, 5.41) is 12.5. The van der Waals surface area contributed by atoms with E-state index in [2.05, 4.69) is 5.32 Å². The zero-order valence-corrected chi connectivity index (χ0v) is 8.35. The van der Waals surface area contributed by atoms with Crippen molar-refractivity contribution in [3.63, 3.8) is 0 Å². The van der Waals surface area contributed by atoms with Gasteiger partial charge in [0.15, 0.2) is 0 Å². The largest absolute Gasteiger partial charge is 0.481 e. The van der Waals surface area contributed by atoms with Crippen molar-refractivity contribution in [2.24, 2.45) is 11.8 Å². The quantitative estimate of drug-likeness (QED) is 0.659. The average molecular weight is 201 g/mol. The van der Waals surface area contributed by atoms with Crippen LogP contribution in [-0.4, -0.2) is 35.2 Å². The monoisotopic (exact) mass is 201 g/mol. The highest BCUT2D eigenvalue weighted by molar-refractivity contribution is 7.99. The van der Waals surface area contributed by atoms with Crippen LogP contribution in [0.5, 0.6) is 0 Å². The summed E-state index contributed by atoms with van der Waals surface area (Å²) >= 11 is 1.94. The summed E-state index contributed by atoms with van der Waals surface area (Å²) in [6.07, 6.45) is 1.88. The molecular formula is C9H15NO2S. The van der Waals surface area contributed by atoms with E-state index >= 15 is 0 Å². The molecule has 0 aromatic carbocycles. The van der Waals surface area contributed by atoms with Gasteiger partial charge in [-0.15, -0.1) is 0 Å². The molecule has 0 aromatic heterocycles. The lowest BCUT2D eigenvalue weighted by molar-refractivity contribution is -0.145. The van der Waals surface area contributed by atoms with E-state index in [9.17, 15) is 4.79 Å². The van der Waals surface area contributed by atoms with Gasteiger partial charge in [-0.3, -0.25) is 4.79 Å². The van der Waals surface area contributed by atoms with Crippen LogP contribution in [0.2, 0.25) is 0 Å². The highest BCUT2D eigenvalue weighted by Crippen LogP contribution is 2.33. The first-order valence-electron chi connectivity index (χ1n) is 4.83. The van der Waals surface area contributed by atoms with Gasteiger partial charge in [0.2, 0.25) is 0 Å². The minimum absolute atomic E-state index is 0.0906. The van der Waals surface area contributed by atoms with Gasteiger partial charge < -0.3 is 10.4 Å². The van der Waals surface area contributed by atoms with Gasteiger partial charge in [0, 0.05) is 11.8 Å². The van der Waals surface area contributed by atoms with Crippen molar-refractivity contribution < 1.29 is 9.90 Å². The molecule has 0 aromatic rings. The molecule has 3 nitrogen and oxygen atoms in total. The fourth-order valence-corrected chi connectivity index (χ4v) is 3.62. The second-order valence-electron chi connectivity index (χ2n) is 3.82. The molecule has 2 saturated heterocycles. The zero-order chi connectivity index (χ0) is 9.26. The molecule has 0 aliphatic carbocycles. The molecule has 3 atom stereocenters. The fraction of sp³-hybridized carbons (Fsp3) is 0.889. The molecule has 2 heterocycles. The van der Waals surface area contributed by atoms with Gasteiger partial charge in [-0.1, -0.05) is 0 Å². The Labute approximate surface area is 82.3 Å². The van der Waals surface area contributed by atoms with E-state index in [1.54, 1.807) is 0 Å². The van der Waals surface area contributed by atoms with Gasteiger partial charge in [-0.2, -0.15) is 11.8 Å². The van der Waals surface area contributed by atoms with Crippen LogP contribution in [0.1, 0.15) is 12.8 Å². The molecule has 13 heavy (non-hydrogen) atoms. The van der Waals surface area contributed by atoms with Crippen LogP contribution < -0.4 is 5.32 Å². The van der Waals surface area contributed by atoms with Crippen LogP contribution in [0.3, 0.4) is 0 Å². The molecule has 74 valence electrons. The number of aliphatic carboxylic acids is 1. The van der Waals surface area contributed by atoms with E-state index in [1.165, 1.54) is 0 Å². The van der Waals surface area contributed by atoms with Crippen LogP contribution in [0.4, 0.5) is 0 Å². The van der Waals surface area contributed by atoms with Crippen molar-refractivity contribution in [2.45, 2.75) is 18.9 Å². The lowest BCUT2D eigenvalue weighted by atomic mass is 9.79. The number of hydrogen-bond donors (Lipinski definition) is 2. The zero-order valence-electron chi connectivity index (χ0n) is 7.53. The van der Waals surface area contributed by atoms with Crippen molar-refractivity contribution in [1.82, 2.24) is 5.32 Å². The lowest BCUT2D eigenvalue weighted by Crippen LogP contribution is -2.51. The van der Waals surface area contributed by atoms with Gasteiger partial charge in [-0.05, 0) is 31.1 Å². The van der Waals surface area contributed by atoms with E-state index in [4.69, 9.17) is 5.11 Å². The van der Waals surface area contributed by atoms with E-state index in [-0.39, 0.29) is 5.92 Å². The minimum Gasteiger partial charge on any atom is -0.481 e. The summed E-state index contributed by atoms with van der Waals surface area (Å²) in [7, 11) is 0. The minimum atomic E-state index is -0.594. The Morgan fingerprint density at radius 3 is 3.08 bits per heavy atom.